The first-order valence-corrected chi connectivity index (χ1v) is 10.5. The van der Waals surface area contributed by atoms with Crippen LogP contribution in [0.1, 0.15) is 46.8 Å². The van der Waals surface area contributed by atoms with Crippen LogP contribution >= 0.6 is 11.3 Å². The highest BCUT2D eigenvalue weighted by molar-refractivity contribution is 7.11. The lowest BCUT2D eigenvalue weighted by atomic mass is 9.73. The topological polar surface area (TPSA) is 51.2 Å². The van der Waals surface area contributed by atoms with Gasteiger partial charge in [0.05, 0.1) is 16.1 Å². The largest absolute Gasteiger partial charge is 0.381 e. The summed E-state index contributed by atoms with van der Waals surface area (Å²) in [6.07, 6.45) is 7.15. The molecule has 26 heavy (non-hydrogen) atoms. The van der Waals surface area contributed by atoms with E-state index in [1.807, 2.05) is 29.5 Å². The predicted octanol–water partition coefficient (Wildman–Crippen LogP) is 3.43. The first-order chi connectivity index (χ1) is 12.8. The Hall–Kier alpha value is -1.72. The Morgan fingerprint density at radius 3 is 2.69 bits per heavy atom. The lowest BCUT2D eigenvalue weighted by molar-refractivity contribution is -0.130. The molecule has 1 aromatic carbocycles. The van der Waals surface area contributed by atoms with E-state index in [0.717, 1.165) is 36.3 Å². The highest BCUT2D eigenvalue weighted by Gasteiger charge is 2.41. The minimum atomic E-state index is -0.457. The van der Waals surface area contributed by atoms with Crippen LogP contribution in [0.25, 0.3) is 0 Å². The van der Waals surface area contributed by atoms with Gasteiger partial charge in [0.1, 0.15) is 0 Å². The maximum atomic E-state index is 13.1. The molecule has 0 saturated carbocycles. The van der Waals surface area contributed by atoms with Crippen molar-refractivity contribution in [3.05, 3.63) is 51.5 Å². The second-order valence-corrected chi connectivity index (χ2v) is 8.42. The van der Waals surface area contributed by atoms with Gasteiger partial charge in [-0.2, -0.15) is 0 Å². The number of hydrogen-bond donors (Lipinski definition) is 1. The molecule has 1 fully saturated rings. The molecule has 4 rings (SSSR count). The van der Waals surface area contributed by atoms with Gasteiger partial charge in [0.25, 0.3) is 0 Å². The second-order valence-electron chi connectivity index (χ2n) is 7.25. The summed E-state index contributed by atoms with van der Waals surface area (Å²) in [6, 6.07) is 10.2. The summed E-state index contributed by atoms with van der Waals surface area (Å²) in [5.41, 5.74) is 1.94. The van der Waals surface area contributed by atoms with Crippen molar-refractivity contribution >= 4 is 17.2 Å². The summed E-state index contributed by atoms with van der Waals surface area (Å²) in [7, 11) is 0. The van der Waals surface area contributed by atoms with E-state index in [4.69, 9.17) is 9.72 Å². The number of amides is 1. The number of carbonyl (C=O) groups is 1. The number of nitrogens with zero attached hydrogens (tertiary/aromatic N) is 1. The highest BCUT2D eigenvalue weighted by atomic mass is 32.1. The zero-order chi connectivity index (χ0) is 17.8. The summed E-state index contributed by atoms with van der Waals surface area (Å²) in [4.78, 5) is 19.4. The zero-order valence-electron chi connectivity index (χ0n) is 15.1. The van der Waals surface area contributed by atoms with E-state index < -0.39 is 5.41 Å². The van der Waals surface area contributed by atoms with Gasteiger partial charge in [-0.1, -0.05) is 30.3 Å². The Labute approximate surface area is 159 Å². The average molecular weight is 371 g/mol. The maximum absolute atomic E-state index is 13.1. The molecule has 2 aliphatic rings. The molecule has 0 spiro atoms. The SMILES string of the molecule is O=C(NCCc1nc2c(s1)CCCC2)C1(c2ccccc2)CCOCC1. The van der Waals surface area contributed by atoms with Gasteiger partial charge in [0.15, 0.2) is 0 Å². The number of ether oxygens (including phenoxy) is 1. The molecule has 0 unspecified atom stereocenters. The van der Waals surface area contributed by atoms with Crippen LogP contribution in [0.2, 0.25) is 0 Å². The minimum Gasteiger partial charge on any atom is -0.381 e. The fraction of sp³-hybridized carbons (Fsp3) is 0.524. The molecular formula is C21H26N2O2S. The van der Waals surface area contributed by atoms with Crippen LogP contribution in [-0.4, -0.2) is 30.6 Å². The van der Waals surface area contributed by atoms with Crippen LogP contribution < -0.4 is 5.32 Å². The van der Waals surface area contributed by atoms with Gasteiger partial charge >= 0.3 is 0 Å². The fourth-order valence-corrected chi connectivity index (χ4v) is 5.24. The molecule has 1 aliphatic heterocycles. The van der Waals surface area contributed by atoms with Crippen molar-refractivity contribution in [1.82, 2.24) is 10.3 Å². The summed E-state index contributed by atoms with van der Waals surface area (Å²) >= 11 is 1.84. The van der Waals surface area contributed by atoms with Gasteiger partial charge in [-0.25, -0.2) is 4.98 Å². The van der Waals surface area contributed by atoms with Crippen LogP contribution in [0.4, 0.5) is 0 Å². The molecule has 1 aromatic heterocycles. The molecule has 138 valence electrons. The molecule has 2 aromatic rings. The number of rotatable bonds is 5. The van der Waals surface area contributed by atoms with Crippen molar-refractivity contribution in [2.45, 2.75) is 50.4 Å². The third-order valence-electron chi connectivity index (χ3n) is 5.62. The molecule has 0 atom stereocenters. The molecule has 1 amide bonds. The van der Waals surface area contributed by atoms with Crippen LogP contribution in [-0.2, 0) is 34.2 Å². The number of nitrogens with one attached hydrogen (secondary N) is 1. The van der Waals surface area contributed by atoms with Gasteiger partial charge in [-0.3, -0.25) is 4.79 Å². The fourth-order valence-electron chi connectivity index (χ4n) is 4.09. The van der Waals surface area contributed by atoms with Gasteiger partial charge in [-0.05, 0) is 44.1 Å². The van der Waals surface area contributed by atoms with Crippen LogP contribution in [0.5, 0.6) is 0 Å². The molecule has 2 heterocycles. The monoisotopic (exact) mass is 370 g/mol. The zero-order valence-corrected chi connectivity index (χ0v) is 15.9. The number of carbonyl (C=O) groups excluding carboxylic acids is 1. The van der Waals surface area contributed by atoms with Crippen molar-refractivity contribution in [2.75, 3.05) is 19.8 Å². The van der Waals surface area contributed by atoms with E-state index in [2.05, 4.69) is 17.4 Å². The maximum Gasteiger partial charge on any atom is 0.230 e. The number of aromatic nitrogens is 1. The molecule has 1 aliphatic carbocycles. The second kappa shape index (κ2) is 7.89. The van der Waals surface area contributed by atoms with Gasteiger partial charge in [-0.15, -0.1) is 11.3 Å². The van der Waals surface area contributed by atoms with E-state index in [1.54, 1.807) is 0 Å². The summed E-state index contributed by atoms with van der Waals surface area (Å²) in [6.45, 7) is 1.93. The number of thiazole rings is 1. The van der Waals surface area contributed by atoms with Crippen molar-refractivity contribution < 1.29 is 9.53 Å². The molecule has 1 N–H and O–H groups in total. The van der Waals surface area contributed by atoms with E-state index in [0.29, 0.717) is 19.8 Å². The summed E-state index contributed by atoms with van der Waals surface area (Å²) in [5.74, 6) is 0.133. The highest BCUT2D eigenvalue weighted by Crippen LogP contribution is 2.35. The van der Waals surface area contributed by atoms with E-state index in [1.165, 1.54) is 29.8 Å². The molecule has 4 nitrogen and oxygen atoms in total. The molecular weight excluding hydrogens is 344 g/mol. The summed E-state index contributed by atoms with van der Waals surface area (Å²) in [5, 5.41) is 4.36. The Bertz CT molecular complexity index is 727. The Kier molecular flexibility index (Phi) is 5.36. The quantitative estimate of drug-likeness (QED) is 0.877. The third kappa shape index (κ3) is 3.55. The Morgan fingerprint density at radius 2 is 1.92 bits per heavy atom. The number of benzene rings is 1. The van der Waals surface area contributed by atoms with Crippen LogP contribution in [0, 0.1) is 0 Å². The predicted molar refractivity (Wildman–Crippen MR) is 104 cm³/mol. The smallest absolute Gasteiger partial charge is 0.230 e. The molecule has 1 saturated heterocycles. The van der Waals surface area contributed by atoms with E-state index in [9.17, 15) is 4.79 Å². The molecule has 0 bridgehead atoms. The molecule has 5 heteroatoms. The van der Waals surface area contributed by atoms with Crippen molar-refractivity contribution in [3.8, 4) is 0 Å². The number of hydrogen-bond acceptors (Lipinski definition) is 4. The van der Waals surface area contributed by atoms with Crippen LogP contribution in [0.3, 0.4) is 0 Å². The van der Waals surface area contributed by atoms with E-state index >= 15 is 0 Å². The Morgan fingerprint density at radius 1 is 1.15 bits per heavy atom. The Balaban J connectivity index is 1.41. The lowest BCUT2D eigenvalue weighted by Gasteiger charge is -2.36. The number of aryl methyl sites for hydroxylation is 2. The number of fused-ring (bicyclic) bond motifs is 1. The van der Waals surface area contributed by atoms with E-state index in [-0.39, 0.29) is 5.91 Å². The van der Waals surface area contributed by atoms with Crippen molar-refractivity contribution in [3.63, 3.8) is 0 Å². The van der Waals surface area contributed by atoms with Crippen molar-refractivity contribution in [1.29, 1.82) is 0 Å². The van der Waals surface area contributed by atoms with Gasteiger partial charge in [0, 0.05) is 31.1 Å². The normalized spacial score (nSPS) is 18.9. The van der Waals surface area contributed by atoms with Gasteiger partial charge in [0.2, 0.25) is 5.91 Å². The average Bonchev–Trinajstić information content (AvgIpc) is 3.12. The molecule has 0 radical (unpaired) electrons. The van der Waals surface area contributed by atoms with Crippen molar-refractivity contribution in [2.24, 2.45) is 0 Å². The standard InChI is InChI=1S/C21H26N2O2S/c24-20(21(11-14-25-15-12-21)16-6-2-1-3-7-16)22-13-10-19-23-17-8-4-5-9-18(17)26-19/h1-3,6-7H,4-5,8-15H2,(H,22,24). The minimum absolute atomic E-state index is 0.133. The first-order valence-electron chi connectivity index (χ1n) is 9.67. The van der Waals surface area contributed by atoms with Gasteiger partial charge < -0.3 is 10.1 Å². The third-order valence-corrected chi connectivity index (χ3v) is 6.84. The lowest BCUT2D eigenvalue weighted by Crippen LogP contribution is -2.48. The first kappa shape index (κ1) is 17.7. The van der Waals surface area contributed by atoms with Crippen LogP contribution in [0.15, 0.2) is 30.3 Å². The summed E-state index contributed by atoms with van der Waals surface area (Å²) < 4.78 is 5.53.